The molecule has 0 aromatic rings. The van der Waals surface area contributed by atoms with Crippen LogP contribution in [-0.4, -0.2) is 18.0 Å². The Morgan fingerprint density at radius 2 is 1.86 bits per heavy atom. The third kappa shape index (κ3) is 6.58. The Labute approximate surface area is 88.9 Å². The molecule has 0 aromatic carbocycles. The van der Waals surface area contributed by atoms with Gasteiger partial charge in [0.2, 0.25) is 0 Å². The molecule has 82 valence electrons. The van der Waals surface area contributed by atoms with Gasteiger partial charge in [-0.3, -0.25) is 9.98 Å². The summed E-state index contributed by atoms with van der Waals surface area (Å²) in [6, 6.07) is 0. The topological polar surface area (TPSA) is 24.7 Å². The first kappa shape index (κ1) is 15.5. The van der Waals surface area contributed by atoms with E-state index in [0.29, 0.717) is 5.92 Å². The average molecular weight is 196 g/mol. The van der Waals surface area contributed by atoms with E-state index in [1.54, 1.807) is 6.20 Å². The molecule has 0 aliphatic carbocycles. The van der Waals surface area contributed by atoms with Crippen molar-refractivity contribution < 1.29 is 0 Å². The summed E-state index contributed by atoms with van der Waals surface area (Å²) >= 11 is 0. The summed E-state index contributed by atoms with van der Waals surface area (Å²) in [5.74, 6) is 0.415. The quantitative estimate of drug-likeness (QED) is 0.612. The van der Waals surface area contributed by atoms with Gasteiger partial charge >= 0.3 is 0 Å². The summed E-state index contributed by atoms with van der Waals surface area (Å²) in [6.07, 6.45) is 1.57. The van der Waals surface area contributed by atoms with E-state index in [1.807, 2.05) is 27.7 Å². The molecule has 0 rings (SSSR count). The van der Waals surface area contributed by atoms with Crippen molar-refractivity contribution in [2.75, 3.05) is 6.54 Å². The minimum Gasteiger partial charge on any atom is -0.288 e. The average Bonchev–Trinajstić information content (AvgIpc) is 2.17. The number of nitrogens with zero attached hydrogens (tertiary/aromatic N) is 2. The monoisotopic (exact) mass is 196 g/mol. The van der Waals surface area contributed by atoms with Gasteiger partial charge in [-0.05, 0) is 19.8 Å². The molecule has 0 amide bonds. The summed E-state index contributed by atoms with van der Waals surface area (Å²) in [7, 11) is 0. The van der Waals surface area contributed by atoms with E-state index in [-0.39, 0.29) is 0 Å². The van der Waals surface area contributed by atoms with Crippen LogP contribution in [0.1, 0.15) is 41.5 Å². The summed E-state index contributed by atoms with van der Waals surface area (Å²) in [6.45, 7) is 16.6. The lowest BCUT2D eigenvalue weighted by atomic mass is 10.0. The van der Waals surface area contributed by atoms with E-state index in [0.717, 1.165) is 18.0 Å². The van der Waals surface area contributed by atoms with Crippen molar-refractivity contribution in [3.05, 3.63) is 12.8 Å². The van der Waals surface area contributed by atoms with E-state index in [9.17, 15) is 0 Å². The minimum atomic E-state index is 0.415. The maximum atomic E-state index is 4.30. The largest absolute Gasteiger partial charge is 0.288 e. The lowest BCUT2D eigenvalue weighted by molar-refractivity contribution is 0.892. The van der Waals surface area contributed by atoms with E-state index < -0.39 is 0 Å². The van der Waals surface area contributed by atoms with Crippen LogP contribution in [0.5, 0.6) is 0 Å². The third-order valence-electron chi connectivity index (χ3n) is 1.54. The standard InChI is InChI=1S/C10H18N2.C2H6/c1-6-11-9(5)10(8(3)4)12-7-2;1-2/h7-8H,2,6H2,1,3-5H3;1-2H3. The fraction of sp³-hybridized carbons (Fsp3) is 0.667. The second kappa shape index (κ2) is 10.2. The van der Waals surface area contributed by atoms with Crippen molar-refractivity contribution in [3.8, 4) is 0 Å². The molecule has 0 unspecified atom stereocenters. The van der Waals surface area contributed by atoms with Gasteiger partial charge in [0, 0.05) is 12.7 Å². The van der Waals surface area contributed by atoms with E-state index in [4.69, 9.17) is 0 Å². The van der Waals surface area contributed by atoms with Crippen molar-refractivity contribution in [2.45, 2.75) is 41.5 Å². The Kier molecular flexibility index (Phi) is 11.3. The van der Waals surface area contributed by atoms with Gasteiger partial charge in [-0.2, -0.15) is 0 Å². The van der Waals surface area contributed by atoms with Crippen LogP contribution in [0.4, 0.5) is 0 Å². The predicted molar refractivity (Wildman–Crippen MR) is 67.5 cm³/mol. The van der Waals surface area contributed by atoms with E-state index >= 15 is 0 Å². The second-order valence-corrected chi connectivity index (χ2v) is 2.91. The van der Waals surface area contributed by atoms with E-state index in [2.05, 4.69) is 30.4 Å². The zero-order chi connectivity index (χ0) is 11.6. The van der Waals surface area contributed by atoms with Gasteiger partial charge in [-0.1, -0.05) is 34.3 Å². The van der Waals surface area contributed by atoms with Gasteiger partial charge in [0.25, 0.3) is 0 Å². The molecule has 0 spiro atoms. The van der Waals surface area contributed by atoms with Crippen LogP contribution in [0.15, 0.2) is 22.8 Å². The Morgan fingerprint density at radius 3 is 2.14 bits per heavy atom. The molecule has 0 aliphatic heterocycles. The van der Waals surface area contributed by atoms with Crippen LogP contribution < -0.4 is 0 Å². The summed E-state index contributed by atoms with van der Waals surface area (Å²) in [5.41, 5.74) is 2.05. The molecule has 0 saturated heterocycles. The maximum Gasteiger partial charge on any atom is 0.0635 e. The van der Waals surface area contributed by atoms with Crippen LogP contribution in [0.3, 0.4) is 0 Å². The molecule has 2 nitrogen and oxygen atoms in total. The third-order valence-corrected chi connectivity index (χ3v) is 1.54. The van der Waals surface area contributed by atoms with Gasteiger partial charge in [0.15, 0.2) is 0 Å². The van der Waals surface area contributed by atoms with Crippen LogP contribution in [0.2, 0.25) is 0 Å². The predicted octanol–water partition coefficient (Wildman–Crippen LogP) is 3.73. The molecule has 0 aliphatic rings. The first-order chi connectivity index (χ1) is 6.63. The molecule has 0 aromatic heterocycles. The molecule has 14 heavy (non-hydrogen) atoms. The van der Waals surface area contributed by atoms with Crippen molar-refractivity contribution in [3.63, 3.8) is 0 Å². The lowest BCUT2D eigenvalue weighted by Crippen LogP contribution is -2.17. The Balaban J connectivity index is 0. The zero-order valence-corrected chi connectivity index (χ0v) is 10.5. The zero-order valence-electron chi connectivity index (χ0n) is 10.5. The van der Waals surface area contributed by atoms with Crippen molar-refractivity contribution in [2.24, 2.45) is 15.9 Å². The smallest absolute Gasteiger partial charge is 0.0635 e. The van der Waals surface area contributed by atoms with Gasteiger partial charge in [-0.25, -0.2) is 0 Å². The normalized spacial score (nSPS) is 12.2. The first-order valence-electron chi connectivity index (χ1n) is 5.33. The molecule has 0 N–H and O–H groups in total. The summed E-state index contributed by atoms with van der Waals surface area (Å²) < 4.78 is 0. The van der Waals surface area contributed by atoms with Gasteiger partial charge in [0.05, 0.1) is 11.4 Å². The molecule has 0 atom stereocenters. The van der Waals surface area contributed by atoms with Crippen molar-refractivity contribution in [1.29, 1.82) is 0 Å². The fourth-order valence-electron chi connectivity index (χ4n) is 1.08. The van der Waals surface area contributed by atoms with Gasteiger partial charge in [0.1, 0.15) is 0 Å². The van der Waals surface area contributed by atoms with E-state index in [1.165, 1.54) is 0 Å². The number of hydrogen-bond acceptors (Lipinski definition) is 2. The Bertz CT molecular complexity index is 200. The SMILES string of the molecule is C=CN=C(C(C)=NCC)C(C)C.CC. The lowest BCUT2D eigenvalue weighted by Gasteiger charge is -2.07. The van der Waals surface area contributed by atoms with Gasteiger partial charge in [-0.15, -0.1) is 0 Å². The maximum absolute atomic E-state index is 4.30. The molecule has 0 saturated carbocycles. The summed E-state index contributed by atoms with van der Waals surface area (Å²) in [4.78, 5) is 8.49. The second-order valence-electron chi connectivity index (χ2n) is 2.91. The number of aliphatic imine (C=N–C) groups is 2. The number of rotatable bonds is 4. The highest BCUT2D eigenvalue weighted by Gasteiger charge is 2.06. The van der Waals surface area contributed by atoms with Crippen LogP contribution in [0, 0.1) is 5.92 Å². The molecule has 0 radical (unpaired) electrons. The molecule has 0 bridgehead atoms. The Hall–Kier alpha value is -0.920. The van der Waals surface area contributed by atoms with Crippen molar-refractivity contribution >= 4 is 11.4 Å². The number of hydrogen-bond donors (Lipinski definition) is 0. The Morgan fingerprint density at radius 1 is 1.36 bits per heavy atom. The van der Waals surface area contributed by atoms with Crippen LogP contribution in [-0.2, 0) is 0 Å². The van der Waals surface area contributed by atoms with Crippen LogP contribution >= 0.6 is 0 Å². The van der Waals surface area contributed by atoms with Gasteiger partial charge < -0.3 is 0 Å². The molecule has 2 heteroatoms. The molecular weight excluding hydrogens is 172 g/mol. The molecule has 0 heterocycles. The minimum absolute atomic E-state index is 0.415. The summed E-state index contributed by atoms with van der Waals surface area (Å²) in [5, 5.41) is 0. The van der Waals surface area contributed by atoms with Crippen molar-refractivity contribution in [1.82, 2.24) is 0 Å². The highest BCUT2D eigenvalue weighted by Crippen LogP contribution is 2.00. The highest BCUT2D eigenvalue weighted by atomic mass is 14.8. The first-order valence-corrected chi connectivity index (χ1v) is 5.33. The van der Waals surface area contributed by atoms with Crippen LogP contribution in [0.25, 0.3) is 0 Å². The highest BCUT2D eigenvalue weighted by molar-refractivity contribution is 6.42. The fourth-order valence-corrected chi connectivity index (χ4v) is 1.08. The molecular formula is C12H24N2. The molecule has 0 fully saturated rings.